The second-order valence-corrected chi connectivity index (χ2v) is 20.2. The molecule has 12 nitrogen and oxygen atoms in total. The van der Waals surface area contributed by atoms with E-state index in [1.165, 1.54) is 13.0 Å². The minimum atomic E-state index is -5.01. The van der Waals surface area contributed by atoms with Crippen LogP contribution in [0.2, 0.25) is 5.02 Å². The first-order valence-electron chi connectivity index (χ1n) is 25.3. The van der Waals surface area contributed by atoms with Gasteiger partial charge in [0.25, 0.3) is 0 Å². The predicted octanol–water partition coefficient (Wildman–Crippen LogP) is 12.3. The van der Waals surface area contributed by atoms with E-state index in [1.54, 1.807) is 44.7 Å². The SMILES string of the molecule is COc1ccc(CN(Cc2ccc(OC)cc2)c2cc(C)c(C(F)(F)F)c(-c3c(Cl)c4c5c(nc(OC[C@@]67CCCN6C[C@H](F)C7)nc5c3F)N([C@@H]3CCCc5ccnc(NCc6ccccc6)c53)CCO4)n2)cc1. The van der Waals surface area contributed by atoms with Gasteiger partial charge in [-0.25, -0.2) is 18.7 Å². The Hall–Kier alpha value is -6.98. The summed E-state index contributed by atoms with van der Waals surface area (Å²) in [6, 6.07) is 27.4. The van der Waals surface area contributed by atoms with E-state index in [0.717, 1.165) is 47.1 Å². The first-order chi connectivity index (χ1) is 36.3. The smallest absolute Gasteiger partial charge is 0.418 e. The summed E-state index contributed by atoms with van der Waals surface area (Å²) >= 11 is 7.35. The van der Waals surface area contributed by atoms with Crippen LogP contribution in [0.15, 0.2) is 97.2 Å². The quantitative estimate of drug-likeness (QED) is 0.0987. The Morgan fingerprint density at radius 1 is 0.893 bits per heavy atom. The summed E-state index contributed by atoms with van der Waals surface area (Å²) in [5.41, 5.74) is 0.992. The number of hydrogen-bond acceptors (Lipinski definition) is 12. The number of aryl methyl sites for hydroxylation is 2. The third-order valence-corrected chi connectivity index (χ3v) is 15.5. The van der Waals surface area contributed by atoms with Crippen molar-refractivity contribution >= 4 is 40.0 Å². The van der Waals surface area contributed by atoms with E-state index in [0.29, 0.717) is 43.2 Å². The Kier molecular flexibility index (Phi) is 13.8. The lowest BCUT2D eigenvalue weighted by molar-refractivity contribution is -0.137. The van der Waals surface area contributed by atoms with Crippen molar-refractivity contribution in [2.45, 2.75) is 89.0 Å². The molecule has 2 saturated heterocycles. The molecule has 3 aromatic heterocycles. The highest BCUT2D eigenvalue weighted by molar-refractivity contribution is 6.36. The van der Waals surface area contributed by atoms with Gasteiger partial charge < -0.3 is 34.1 Å². The minimum absolute atomic E-state index is 0.00258. The second kappa shape index (κ2) is 20.6. The third-order valence-electron chi connectivity index (χ3n) is 15.2. The van der Waals surface area contributed by atoms with Gasteiger partial charge in [-0.2, -0.15) is 23.1 Å². The van der Waals surface area contributed by atoms with Gasteiger partial charge in [0, 0.05) is 44.4 Å². The highest BCUT2D eigenvalue weighted by Crippen LogP contribution is 2.53. The molecule has 11 rings (SSSR count). The average Bonchev–Trinajstić information content (AvgIpc) is 3.87. The molecule has 1 N–H and O–H groups in total. The number of methoxy groups -OCH3 is 2. The number of nitrogens with one attached hydrogen (secondary N) is 1. The fraction of sp³-hybridized carbons (Fsp3) is 0.368. The molecule has 0 bridgehead atoms. The van der Waals surface area contributed by atoms with E-state index in [1.807, 2.05) is 70.5 Å². The van der Waals surface area contributed by atoms with Crippen LogP contribution in [0.5, 0.6) is 23.3 Å². The van der Waals surface area contributed by atoms with Crippen LogP contribution in [0.3, 0.4) is 0 Å². The van der Waals surface area contributed by atoms with Crippen LogP contribution >= 0.6 is 11.6 Å². The summed E-state index contributed by atoms with van der Waals surface area (Å²) < 4.78 is 104. The van der Waals surface area contributed by atoms with Crippen LogP contribution in [-0.2, 0) is 32.2 Å². The van der Waals surface area contributed by atoms with Crippen molar-refractivity contribution in [1.29, 1.82) is 0 Å². The number of alkyl halides is 4. The van der Waals surface area contributed by atoms with Crippen LogP contribution in [0, 0.1) is 12.7 Å². The average molecular weight is 1050 g/mol. The molecule has 2 fully saturated rings. The number of rotatable bonds is 15. The standard InChI is InChI=1S/C57H56ClF5N8O4/c1-34-27-43(69(30-36-13-17-40(72-2)18-14-36)31-37-15-19-41(73-3)20-16-37)66-50(47(34)57(61,62)63)45-48(58)52-46-51(49(45)60)67-55(75-33-56-22-8-24-70(56)32-39(59)28-56)68-54(46)71(25-26-74-52)42-12-7-11-38-21-23-64-53(44(38)42)65-29-35-9-5-4-6-10-35/h4-6,9-10,13-21,23,27,39,42H,7-8,11-12,22,24-26,28-33H2,1-3H3,(H,64,65)/t39-,42-,56+/m1/s1. The highest BCUT2D eigenvalue weighted by atomic mass is 35.5. The number of fused-ring (bicyclic) bond motifs is 2. The second-order valence-electron chi connectivity index (χ2n) is 19.8. The van der Waals surface area contributed by atoms with Crippen molar-refractivity contribution < 1.29 is 40.9 Å². The van der Waals surface area contributed by atoms with Crippen LogP contribution < -0.4 is 34.1 Å². The van der Waals surface area contributed by atoms with E-state index in [-0.39, 0.29) is 91.7 Å². The van der Waals surface area contributed by atoms with Gasteiger partial charge in [-0.1, -0.05) is 66.2 Å². The molecule has 3 atom stereocenters. The monoisotopic (exact) mass is 1050 g/mol. The van der Waals surface area contributed by atoms with Gasteiger partial charge in [-0.15, -0.1) is 0 Å². The number of hydrogen-bond donors (Lipinski definition) is 1. The topological polar surface area (TPSA) is 110 Å². The fourth-order valence-corrected chi connectivity index (χ4v) is 11.9. The van der Waals surface area contributed by atoms with E-state index >= 15 is 22.0 Å². The van der Waals surface area contributed by atoms with Crippen molar-refractivity contribution in [1.82, 2.24) is 24.8 Å². The maximum atomic E-state index is 18.4. The van der Waals surface area contributed by atoms with Crippen molar-refractivity contribution in [2.75, 3.05) is 62.2 Å². The molecule has 4 aromatic carbocycles. The van der Waals surface area contributed by atoms with E-state index in [2.05, 4.69) is 10.2 Å². The van der Waals surface area contributed by atoms with Crippen molar-refractivity contribution in [2.24, 2.45) is 0 Å². The molecule has 0 amide bonds. The molecule has 4 aliphatic rings. The minimum Gasteiger partial charge on any atom is -0.497 e. The largest absolute Gasteiger partial charge is 0.497 e. The Morgan fingerprint density at radius 2 is 1.61 bits per heavy atom. The molecule has 7 aromatic rings. The number of benzene rings is 4. The zero-order valence-corrected chi connectivity index (χ0v) is 42.6. The lowest BCUT2D eigenvalue weighted by atomic mass is 9.87. The van der Waals surface area contributed by atoms with E-state index in [9.17, 15) is 0 Å². The molecular formula is C57H56ClF5N8O4. The van der Waals surface area contributed by atoms with Crippen molar-refractivity contribution in [3.63, 3.8) is 0 Å². The third kappa shape index (κ3) is 9.80. The summed E-state index contributed by atoms with van der Waals surface area (Å²) in [5.74, 6) is 1.07. The summed E-state index contributed by atoms with van der Waals surface area (Å²) in [4.78, 5) is 25.3. The Bertz CT molecular complexity index is 3180. The molecule has 1 aliphatic carbocycles. The van der Waals surface area contributed by atoms with Gasteiger partial charge in [0.2, 0.25) is 0 Å². The molecule has 390 valence electrons. The van der Waals surface area contributed by atoms with E-state index < -0.39 is 45.5 Å². The Labute approximate surface area is 436 Å². The fourth-order valence-electron chi connectivity index (χ4n) is 11.6. The zero-order chi connectivity index (χ0) is 52.0. The summed E-state index contributed by atoms with van der Waals surface area (Å²) in [6.07, 6.45) is -0.206. The lowest BCUT2D eigenvalue weighted by Gasteiger charge is -2.37. The lowest BCUT2D eigenvalue weighted by Crippen LogP contribution is -2.43. The number of ether oxygens (including phenoxy) is 4. The first-order valence-corrected chi connectivity index (χ1v) is 25.7. The summed E-state index contributed by atoms with van der Waals surface area (Å²) in [7, 11) is 3.12. The van der Waals surface area contributed by atoms with Crippen LogP contribution in [-0.4, -0.2) is 83.6 Å². The predicted molar refractivity (Wildman–Crippen MR) is 278 cm³/mol. The molecule has 75 heavy (non-hydrogen) atoms. The van der Waals surface area contributed by atoms with Crippen molar-refractivity contribution in [3.8, 4) is 34.5 Å². The number of halogens is 6. The highest BCUT2D eigenvalue weighted by Gasteiger charge is 2.50. The molecule has 3 aliphatic heterocycles. The molecule has 0 unspecified atom stereocenters. The van der Waals surface area contributed by atoms with Gasteiger partial charge >= 0.3 is 12.2 Å². The van der Waals surface area contributed by atoms with Gasteiger partial charge in [-0.05, 0) is 110 Å². The molecule has 18 heteroatoms. The van der Waals surface area contributed by atoms with Gasteiger partial charge in [0.15, 0.2) is 11.6 Å². The van der Waals surface area contributed by atoms with Gasteiger partial charge in [0.1, 0.15) is 53.9 Å². The Balaban J connectivity index is 1.08. The molecular weight excluding hydrogens is 991 g/mol. The van der Waals surface area contributed by atoms with Crippen LogP contribution in [0.25, 0.3) is 22.2 Å². The molecule has 0 spiro atoms. The van der Waals surface area contributed by atoms with Crippen molar-refractivity contribution in [3.05, 3.63) is 147 Å². The Morgan fingerprint density at radius 3 is 2.31 bits per heavy atom. The zero-order valence-electron chi connectivity index (χ0n) is 41.8. The summed E-state index contributed by atoms with van der Waals surface area (Å²) in [5, 5.41) is 3.23. The molecule has 0 saturated carbocycles. The normalized spacial score (nSPS) is 19.3. The van der Waals surface area contributed by atoms with E-state index in [4.69, 9.17) is 50.5 Å². The number of pyridine rings is 2. The molecule has 6 heterocycles. The summed E-state index contributed by atoms with van der Waals surface area (Å²) in [6.45, 7) is 3.47. The van der Waals surface area contributed by atoms with Crippen LogP contribution in [0.4, 0.5) is 39.4 Å². The van der Waals surface area contributed by atoms with Gasteiger partial charge in [-0.3, -0.25) is 4.90 Å². The first kappa shape index (κ1) is 50.2. The number of anilines is 3. The maximum Gasteiger partial charge on any atom is 0.418 e. The van der Waals surface area contributed by atoms with Gasteiger partial charge in [0.05, 0.1) is 59.6 Å². The number of aromatic nitrogens is 4. The maximum absolute atomic E-state index is 18.4. The molecule has 0 radical (unpaired) electrons. The van der Waals surface area contributed by atoms with Crippen LogP contribution in [0.1, 0.15) is 77.1 Å². The number of nitrogens with zero attached hydrogens (tertiary/aromatic N) is 7.